The van der Waals surface area contributed by atoms with E-state index in [1.165, 1.54) is 0 Å². The highest BCUT2D eigenvalue weighted by atomic mass is 16.5. The van der Waals surface area contributed by atoms with Crippen molar-refractivity contribution in [1.29, 1.82) is 0 Å². The van der Waals surface area contributed by atoms with Crippen molar-refractivity contribution in [2.45, 2.75) is 64.9 Å². The van der Waals surface area contributed by atoms with Gasteiger partial charge in [-0.25, -0.2) is 0 Å². The van der Waals surface area contributed by atoms with Crippen LogP contribution >= 0.6 is 0 Å². The number of rotatable bonds is 7. The van der Waals surface area contributed by atoms with Gasteiger partial charge >= 0.3 is 0 Å². The second-order valence-corrected chi connectivity index (χ2v) is 6.67. The van der Waals surface area contributed by atoms with Gasteiger partial charge in [-0.15, -0.1) is 0 Å². The van der Waals surface area contributed by atoms with E-state index in [0.29, 0.717) is 17.7 Å². The Morgan fingerprint density at radius 1 is 1.29 bits per heavy atom. The summed E-state index contributed by atoms with van der Waals surface area (Å²) in [6, 6.07) is 0. The first-order valence-electron chi connectivity index (χ1n) is 8.22. The second-order valence-electron chi connectivity index (χ2n) is 6.67. The topological polar surface area (TPSA) is 74.2 Å². The Hall–Kier alpha value is -0.940. The molecule has 0 aromatic carbocycles. The lowest BCUT2D eigenvalue weighted by Crippen LogP contribution is -2.31. The van der Waals surface area contributed by atoms with E-state index < -0.39 is 0 Å². The Balaban J connectivity index is 1.93. The van der Waals surface area contributed by atoms with Crippen LogP contribution in [0, 0.1) is 11.8 Å². The van der Waals surface area contributed by atoms with Crippen LogP contribution in [0.4, 0.5) is 0 Å². The van der Waals surface area contributed by atoms with Gasteiger partial charge in [0.15, 0.2) is 0 Å². The lowest BCUT2D eigenvalue weighted by molar-refractivity contribution is -0.0770. The highest BCUT2D eigenvalue weighted by molar-refractivity contribution is 5.00. The van der Waals surface area contributed by atoms with Crippen LogP contribution in [-0.2, 0) is 16.8 Å². The number of hydrogen-bond donors (Lipinski definition) is 1. The van der Waals surface area contributed by atoms with Crippen molar-refractivity contribution in [2.24, 2.45) is 17.6 Å². The molecule has 0 saturated carbocycles. The Bertz CT molecular complexity index is 425. The number of nitrogens with two attached hydrogens (primary N) is 1. The summed E-state index contributed by atoms with van der Waals surface area (Å²) in [5.41, 5.74) is 5.32. The molecule has 5 heteroatoms. The van der Waals surface area contributed by atoms with E-state index in [2.05, 4.69) is 30.9 Å². The molecule has 2 heterocycles. The quantitative estimate of drug-likeness (QED) is 0.837. The molecule has 1 fully saturated rings. The van der Waals surface area contributed by atoms with Gasteiger partial charge in [-0.3, -0.25) is 0 Å². The molecule has 0 bridgehead atoms. The summed E-state index contributed by atoms with van der Waals surface area (Å²) in [7, 11) is 0. The van der Waals surface area contributed by atoms with Crippen LogP contribution in [0.15, 0.2) is 4.52 Å². The average molecular weight is 295 g/mol. The molecule has 0 amide bonds. The van der Waals surface area contributed by atoms with E-state index in [1.54, 1.807) is 0 Å². The van der Waals surface area contributed by atoms with E-state index in [0.717, 1.165) is 57.6 Å². The number of aryl methyl sites for hydroxylation is 1. The fourth-order valence-corrected chi connectivity index (χ4v) is 3.02. The Labute approximate surface area is 127 Å². The van der Waals surface area contributed by atoms with Gasteiger partial charge in [-0.1, -0.05) is 19.0 Å². The van der Waals surface area contributed by atoms with Gasteiger partial charge in [0.1, 0.15) is 5.60 Å². The molecule has 1 aliphatic heterocycles. The molecule has 1 aromatic heterocycles. The summed E-state index contributed by atoms with van der Waals surface area (Å²) in [6.45, 7) is 8.08. The van der Waals surface area contributed by atoms with Crippen LogP contribution in [0.1, 0.15) is 64.6 Å². The third kappa shape index (κ3) is 4.27. The molecule has 120 valence electrons. The van der Waals surface area contributed by atoms with Crippen LogP contribution < -0.4 is 5.73 Å². The van der Waals surface area contributed by atoms with Crippen molar-refractivity contribution in [3.05, 3.63) is 11.7 Å². The zero-order valence-electron chi connectivity index (χ0n) is 13.6. The third-order valence-corrected chi connectivity index (χ3v) is 4.62. The first kappa shape index (κ1) is 16.4. The second kappa shape index (κ2) is 7.36. The average Bonchev–Trinajstić information content (AvgIpc) is 2.93. The van der Waals surface area contributed by atoms with Gasteiger partial charge in [0.05, 0.1) is 0 Å². The molecule has 1 aliphatic rings. The Morgan fingerprint density at radius 2 is 2.10 bits per heavy atom. The van der Waals surface area contributed by atoms with Crippen LogP contribution in [0.2, 0.25) is 0 Å². The van der Waals surface area contributed by atoms with Crippen LogP contribution in [-0.4, -0.2) is 23.3 Å². The summed E-state index contributed by atoms with van der Waals surface area (Å²) in [5.74, 6) is 2.68. The van der Waals surface area contributed by atoms with Crippen molar-refractivity contribution >= 4 is 0 Å². The SMILES string of the molecule is CC(C)C(CCN)CCc1nc(C2(C)CCCCO2)no1. The minimum atomic E-state index is -0.366. The van der Waals surface area contributed by atoms with E-state index >= 15 is 0 Å². The van der Waals surface area contributed by atoms with Gasteiger partial charge in [0.25, 0.3) is 0 Å². The maximum Gasteiger partial charge on any atom is 0.226 e. The molecule has 2 rings (SSSR count). The molecule has 1 saturated heterocycles. The minimum absolute atomic E-state index is 0.366. The van der Waals surface area contributed by atoms with Gasteiger partial charge in [0.2, 0.25) is 11.7 Å². The summed E-state index contributed by atoms with van der Waals surface area (Å²) >= 11 is 0. The van der Waals surface area contributed by atoms with Gasteiger partial charge in [-0.2, -0.15) is 4.98 Å². The molecule has 5 nitrogen and oxygen atoms in total. The fraction of sp³-hybridized carbons (Fsp3) is 0.875. The van der Waals surface area contributed by atoms with Gasteiger partial charge < -0.3 is 15.0 Å². The zero-order valence-corrected chi connectivity index (χ0v) is 13.6. The normalized spacial score (nSPS) is 24.4. The molecular formula is C16H29N3O2. The summed E-state index contributed by atoms with van der Waals surface area (Å²) in [5, 5.41) is 4.14. The molecule has 21 heavy (non-hydrogen) atoms. The van der Waals surface area contributed by atoms with Crippen LogP contribution in [0.5, 0.6) is 0 Å². The number of aromatic nitrogens is 2. The number of ether oxygens (including phenoxy) is 1. The molecule has 0 spiro atoms. The Morgan fingerprint density at radius 3 is 2.71 bits per heavy atom. The molecule has 0 aliphatic carbocycles. The third-order valence-electron chi connectivity index (χ3n) is 4.62. The molecule has 2 unspecified atom stereocenters. The first-order chi connectivity index (χ1) is 10.0. The van der Waals surface area contributed by atoms with Crippen molar-refractivity contribution in [2.75, 3.05) is 13.2 Å². The van der Waals surface area contributed by atoms with Crippen molar-refractivity contribution in [3.8, 4) is 0 Å². The standard InChI is InChI=1S/C16H29N3O2/c1-12(2)13(8-10-17)6-7-14-18-15(19-21-14)16(3)9-4-5-11-20-16/h12-13H,4-11,17H2,1-3H3. The highest BCUT2D eigenvalue weighted by Crippen LogP contribution is 2.33. The van der Waals surface area contributed by atoms with E-state index in [1.807, 2.05) is 0 Å². The largest absolute Gasteiger partial charge is 0.367 e. The van der Waals surface area contributed by atoms with Crippen LogP contribution in [0.3, 0.4) is 0 Å². The van der Waals surface area contributed by atoms with E-state index in [9.17, 15) is 0 Å². The minimum Gasteiger partial charge on any atom is -0.367 e. The Kier molecular flexibility index (Phi) is 5.76. The predicted octanol–water partition coefficient (Wildman–Crippen LogP) is 3.04. The molecular weight excluding hydrogens is 266 g/mol. The van der Waals surface area contributed by atoms with Crippen molar-refractivity contribution in [3.63, 3.8) is 0 Å². The summed E-state index contributed by atoms with van der Waals surface area (Å²) in [4.78, 5) is 4.56. The molecule has 2 N–H and O–H groups in total. The summed E-state index contributed by atoms with van der Waals surface area (Å²) in [6.07, 6.45) is 6.18. The van der Waals surface area contributed by atoms with Crippen molar-refractivity contribution < 1.29 is 9.26 Å². The van der Waals surface area contributed by atoms with E-state index in [-0.39, 0.29) is 5.60 Å². The van der Waals surface area contributed by atoms with Crippen molar-refractivity contribution in [1.82, 2.24) is 10.1 Å². The maximum atomic E-state index is 5.87. The first-order valence-corrected chi connectivity index (χ1v) is 8.22. The van der Waals surface area contributed by atoms with Crippen LogP contribution in [0.25, 0.3) is 0 Å². The predicted molar refractivity (Wildman–Crippen MR) is 81.8 cm³/mol. The smallest absolute Gasteiger partial charge is 0.226 e. The number of nitrogens with zero attached hydrogens (tertiary/aromatic N) is 2. The highest BCUT2D eigenvalue weighted by Gasteiger charge is 2.34. The lowest BCUT2D eigenvalue weighted by Gasteiger charge is -2.30. The van der Waals surface area contributed by atoms with Gasteiger partial charge in [0, 0.05) is 13.0 Å². The number of hydrogen-bond acceptors (Lipinski definition) is 5. The molecule has 2 atom stereocenters. The molecule has 0 radical (unpaired) electrons. The lowest BCUT2D eigenvalue weighted by atomic mass is 9.88. The zero-order chi connectivity index (χ0) is 15.3. The monoisotopic (exact) mass is 295 g/mol. The maximum absolute atomic E-state index is 5.87. The summed E-state index contributed by atoms with van der Waals surface area (Å²) < 4.78 is 11.3. The fourth-order valence-electron chi connectivity index (χ4n) is 3.02. The molecule has 1 aromatic rings. The van der Waals surface area contributed by atoms with Gasteiger partial charge in [-0.05, 0) is 57.4 Å². The van der Waals surface area contributed by atoms with E-state index in [4.69, 9.17) is 15.0 Å².